The van der Waals surface area contributed by atoms with Gasteiger partial charge in [-0.05, 0) is 48.4 Å². The number of benzene rings is 2. The molecule has 0 bridgehead atoms. The molecule has 0 spiro atoms. The number of hydrogen-bond donors (Lipinski definition) is 3. The summed E-state index contributed by atoms with van der Waals surface area (Å²) in [6, 6.07) is 17.6. The van der Waals surface area contributed by atoms with E-state index in [1.165, 1.54) is 16.5 Å². The fraction of sp³-hybridized carbons (Fsp3) is 0.100. The molecule has 2 aromatic carbocycles. The predicted octanol–water partition coefficient (Wildman–Crippen LogP) is 5.01. The number of halogens is 1. The minimum Gasteiger partial charge on any atom is -0.370 e. The molecule has 0 fully saturated rings. The van der Waals surface area contributed by atoms with Gasteiger partial charge in [-0.1, -0.05) is 29.8 Å². The molecule has 26 heavy (non-hydrogen) atoms. The zero-order chi connectivity index (χ0) is 17.8. The summed E-state index contributed by atoms with van der Waals surface area (Å²) in [5.74, 6) is 1.33. The van der Waals surface area contributed by atoms with Crippen molar-refractivity contribution in [3.05, 3.63) is 77.6 Å². The van der Waals surface area contributed by atoms with Crippen LogP contribution in [0.1, 0.15) is 5.56 Å². The molecule has 0 aliphatic carbocycles. The second kappa shape index (κ2) is 7.45. The van der Waals surface area contributed by atoms with Crippen molar-refractivity contribution in [2.24, 2.45) is 0 Å². The van der Waals surface area contributed by atoms with E-state index in [0.717, 1.165) is 24.5 Å². The quantitative estimate of drug-likeness (QED) is 0.450. The van der Waals surface area contributed by atoms with Crippen LogP contribution in [0.5, 0.6) is 0 Å². The average molecular weight is 364 g/mol. The molecule has 4 aromatic rings. The molecular formula is C20H18ClN5. The molecule has 4 rings (SSSR count). The van der Waals surface area contributed by atoms with Gasteiger partial charge in [-0.25, -0.2) is 4.98 Å². The molecule has 2 heterocycles. The molecule has 3 N–H and O–H groups in total. The number of anilines is 3. The molecule has 0 unspecified atom stereocenters. The Morgan fingerprint density at radius 3 is 2.73 bits per heavy atom. The molecule has 0 aliphatic rings. The van der Waals surface area contributed by atoms with E-state index in [-0.39, 0.29) is 0 Å². The first-order valence-electron chi connectivity index (χ1n) is 8.42. The van der Waals surface area contributed by atoms with Crippen molar-refractivity contribution >= 4 is 40.0 Å². The fourth-order valence-corrected chi connectivity index (χ4v) is 2.97. The Morgan fingerprint density at radius 1 is 1.00 bits per heavy atom. The minimum absolute atomic E-state index is 0.546. The SMILES string of the molecule is Clc1ccc(Nc2nccc(NCCc3c[nH]c4ccccc34)n2)cc1. The van der Waals surface area contributed by atoms with Gasteiger partial charge >= 0.3 is 0 Å². The topological polar surface area (TPSA) is 65.6 Å². The molecule has 0 radical (unpaired) electrons. The van der Waals surface area contributed by atoms with Gasteiger partial charge in [-0.2, -0.15) is 4.98 Å². The van der Waals surface area contributed by atoms with Crippen LogP contribution in [0.3, 0.4) is 0 Å². The van der Waals surface area contributed by atoms with Gasteiger partial charge in [0, 0.05) is 40.6 Å². The summed E-state index contributed by atoms with van der Waals surface area (Å²) < 4.78 is 0. The average Bonchev–Trinajstić information content (AvgIpc) is 3.07. The molecule has 0 saturated heterocycles. The van der Waals surface area contributed by atoms with Crippen molar-refractivity contribution in [2.45, 2.75) is 6.42 Å². The normalized spacial score (nSPS) is 10.8. The second-order valence-electron chi connectivity index (χ2n) is 5.93. The summed E-state index contributed by atoms with van der Waals surface area (Å²) in [4.78, 5) is 12.1. The molecule has 0 aliphatic heterocycles. The van der Waals surface area contributed by atoms with Crippen LogP contribution in [0.15, 0.2) is 67.0 Å². The summed E-state index contributed by atoms with van der Waals surface area (Å²) in [5.41, 5.74) is 3.35. The number of aromatic amines is 1. The highest BCUT2D eigenvalue weighted by Gasteiger charge is 2.04. The smallest absolute Gasteiger partial charge is 0.229 e. The van der Waals surface area contributed by atoms with Crippen LogP contribution in [-0.2, 0) is 6.42 Å². The predicted molar refractivity (Wildman–Crippen MR) is 107 cm³/mol. The lowest BCUT2D eigenvalue weighted by Gasteiger charge is -2.08. The number of rotatable bonds is 6. The number of nitrogens with zero attached hydrogens (tertiary/aromatic N) is 2. The van der Waals surface area contributed by atoms with Crippen LogP contribution in [0.4, 0.5) is 17.5 Å². The van der Waals surface area contributed by atoms with Gasteiger partial charge in [-0.15, -0.1) is 0 Å². The van der Waals surface area contributed by atoms with E-state index in [1.54, 1.807) is 6.20 Å². The Morgan fingerprint density at radius 2 is 1.85 bits per heavy atom. The number of fused-ring (bicyclic) bond motifs is 1. The maximum absolute atomic E-state index is 5.90. The summed E-state index contributed by atoms with van der Waals surface area (Å²) in [5, 5.41) is 8.49. The number of nitrogens with one attached hydrogen (secondary N) is 3. The Balaban J connectivity index is 1.38. The van der Waals surface area contributed by atoms with Gasteiger partial charge < -0.3 is 15.6 Å². The van der Waals surface area contributed by atoms with Crippen LogP contribution in [0.25, 0.3) is 10.9 Å². The van der Waals surface area contributed by atoms with E-state index < -0.39 is 0 Å². The van der Waals surface area contributed by atoms with Crippen LogP contribution >= 0.6 is 11.6 Å². The zero-order valence-corrected chi connectivity index (χ0v) is 14.8. The maximum Gasteiger partial charge on any atom is 0.229 e. The molecule has 0 amide bonds. The first kappa shape index (κ1) is 16.4. The monoisotopic (exact) mass is 363 g/mol. The molecule has 0 atom stereocenters. The number of hydrogen-bond acceptors (Lipinski definition) is 4. The Labute approximate surface area is 156 Å². The molecule has 130 valence electrons. The minimum atomic E-state index is 0.546. The van der Waals surface area contributed by atoms with Crippen molar-refractivity contribution in [1.29, 1.82) is 0 Å². The summed E-state index contributed by atoms with van der Waals surface area (Å²) in [7, 11) is 0. The van der Waals surface area contributed by atoms with E-state index in [0.29, 0.717) is 11.0 Å². The zero-order valence-electron chi connectivity index (χ0n) is 14.0. The van der Waals surface area contributed by atoms with Crippen LogP contribution in [0, 0.1) is 0 Å². The van der Waals surface area contributed by atoms with E-state index in [2.05, 4.69) is 50.0 Å². The molecule has 2 aromatic heterocycles. The highest BCUT2D eigenvalue weighted by Crippen LogP contribution is 2.19. The summed E-state index contributed by atoms with van der Waals surface area (Å²) in [6.45, 7) is 0.791. The molecule has 6 heteroatoms. The van der Waals surface area contributed by atoms with E-state index >= 15 is 0 Å². The highest BCUT2D eigenvalue weighted by molar-refractivity contribution is 6.30. The van der Waals surface area contributed by atoms with Crippen molar-refractivity contribution in [2.75, 3.05) is 17.2 Å². The van der Waals surface area contributed by atoms with E-state index in [9.17, 15) is 0 Å². The molecule has 0 saturated carbocycles. The Hall–Kier alpha value is -3.05. The van der Waals surface area contributed by atoms with Gasteiger partial charge in [0.05, 0.1) is 0 Å². The van der Waals surface area contributed by atoms with E-state index in [1.807, 2.05) is 36.4 Å². The lowest BCUT2D eigenvalue weighted by Crippen LogP contribution is -2.07. The summed E-state index contributed by atoms with van der Waals surface area (Å²) >= 11 is 5.90. The number of para-hydroxylation sites is 1. The Kier molecular flexibility index (Phi) is 4.71. The number of aromatic nitrogens is 3. The van der Waals surface area contributed by atoms with Crippen LogP contribution in [-0.4, -0.2) is 21.5 Å². The lowest BCUT2D eigenvalue weighted by atomic mass is 10.1. The standard InChI is InChI=1S/C20H18ClN5/c21-15-5-7-16(8-6-15)25-20-23-12-10-19(26-20)22-11-9-14-13-24-18-4-2-1-3-17(14)18/h1-8,10,12-13,24H,9,11H2,(H2,22,23,25,26). The highest BCUT2D eigenvalue weighted by atomic mass is 35.5. The second-order valence-corrected chi connectivity index (χ2v) is 6.37. The first-order valence-corrected chi connectivity index (χ1v) is 8.80. The maximum atomic E-state index is 5.90. The summed E-state index contributed by atoms with van der Waals surface area (Å²) in [6.07, 6.45) is 4.72. The third kappa shape index (κ3) is 3.78. The van der Waals surface area contributed by atoms with Crippen molar-refractivity contribution in [3.8, 4) is 0 Å². The Bertz CT molecular complexity index is 1010. The first-order chi connectivity index (χ1) is 12.8. The van der Waals surface area contributed by atoms with Gasteiger partial charge in [0.25, 0.3) is 0 Å². The van der Waals surface area contributed by atoms with Crippen LogP contribution in [0.2, 0.25) is 5.02 Å². The third-order valence-electron chi connectivity index (χ3n) is 4.13. The lowest BCUT2D eigenvalue weighted by molar-refractivity contribution is 1.01. The molecule has 5 nitrogen and oxygen atoms in total. The molecular weight excluding hydrogens is 346 g/mol. The van der Waals surface area contributed by atoms with Gasteiger partial charge in [0.2, 0.25) is 5.95 Å². The van der Waals surface area contributed by atoms with Crippen molar-refractivity contribution in [1.82, 2.24) is 15.0 Å². The fourth-order valence-electron chi connectivity index (χ4n) is 2.84. The van der Waals surface area contributed by atoms with Crippen molar-refractivity contribution < 1.29 is 0 Å². The van der Waals surface area contributed by atoms with Gasteiger partial charge in [0.15, 0.2) is 0 Å². The van der Waals surface area contributed by atoms with Crippen LogP contribution < -0.4 is 10.6 Å². The van der Waals surface area contributed by atoms with Gasteiger partial charge in [-0.3, -0.25) is 0 Å². The van der Waals surface area contributed by atoms with Gasteiger partial charge in [0.1, 0.15) is 5.82 Å². The van der Waals surface area contributed by atoms with E-state index in [4.69, 9.17) is 11.6 Å². The van der Waals surface area contributed by atoms with Crippen molar-refractivity contribution in [3.63, 3.8) is 0 Å². The number of H-pyrrole nitrogens is 1. The largest absolute Gasteiger partial charge is 0.370 e. The third-order valence-corrected chi connectivity index (χ3v) is 4.38.